The number of esters is 1. The lowest BCUT2D eigenvalue weighted by Gasteiger charge is -2.14. The number of hydrogen-bond acceptors (Lipinski definition) is 5. The fourth-order valence-corrected chi connectivity index (χ4v) is 3.34. The molecule has 2 aromatic rings. The third-order valence-electron chi connectivity index (χ3n) is 5.03. The van der Waals surface area contributed by atoms with Crippen LogP contribution in [-0.2, 0) is 14.3 Å². The molecule has 0 spiro atoms. The summed E-state index contributed by atoms with van der Waals surface area (Å²) in [5.41, 5.74) is 3.31. The number of nitrogens with zero attached hydrogens (tertiary/aromatic N) is 3. The molecule has 1 heterocycles. The molecule has 1 aliphatic rings. The molecule has 1 N–H and O–H groups in total. The summed E-state index contributed by atoms with van der Waals surface area (Å²) in [6, 6.07) is 12.8. The quantitative estimate of drug-likeness (QED) is 0.449. The van der Waals surface area contributed by atoms with E-state index >= 15 is 0 Å². The second-order valence-electron chi connectivity index (χ2n) is 7.29. The zero-order valence-electron chi connectivity index (χ0n) is 17.1. The Balaban J connectivity index is 1.71. The van der Waals surface area contributed by atoms with Crippen LogP contribution >= 0.6 is 0 Å². The number of nitriles is 2. The third kappa shape index (κ3) is 4.42. The van der Waals surface area contributed by atoms with Crippen molar-refractivity contribution in [3.63, 3.8) is 0 Å². The van der Waals surface area contributed by atoms with E-state index in [0.29, 0.717) is 17.3 Å². The van der Waals surface area contributed by atoms with Gasteiger partial charge in [0.2, 0.25) is 0 Å². The highest BCUT2D eigenvalue weighted by Crippen LogP contribution is 2.38. The summed E-state index contributed by atoms with van der Waals surface area (Å²) in [5.74, 6) is -1.46. The van der Waals surface area contributed by atoms with Crippen molar-refractivity contribution in [3.05, 3.63) is 58.4 Å². The number of anilines is 1. The lowest BCUT2D eigenvalue weighted by molar-refractivity contribution is -0.148. The first-order valence-corrected chi connectivity index (χ1v) is 9.67. The number of benzene rings is 1. The Morgan fingerprint density at radius 2 is 1.97 bits per heavy atom. The first kappa shape index (κ1) is 20.9. The number of aryl methyl sites for hydroxylation is 1. The molecule has 0 bridgehead atoms. The molecule has 1 fully saturated rings. The molecule has 1 atom stereocenters. The van der Waals surface area contributed by atoms with Gasteiger partial charge in [0.1, 0.15) is 17.7 Å². The van der Waals surface area contributed by atoms with E-state index in [0.717, 1.165) is 29.8 Å². The molecule has 7 heteroatoms. The smallest absolute Gasteiger partial charge is 0.349 e. The van der Waals surface area contributed by atoms with Crippen molar-refractivity contribution in [1.82, 2.24) is 4.57 Å². The predicted octanol–water partition coefficient (Wildman–Crippen LogP) is 3.79. The second-order valence-corrected chi connectivity index (χ2v) is 7.29. The lowest BCUT2D eigenvalue weighted by atomic mass is 10.1. The molecule has 0 unspecified atom stereocenters. The van der Waals surface area contributed by atoms with Crippen LogP contribution in [0.25, 0.3) is 6.08 Å². The van der Waals surface area contributed by atoms with Crippen LogP contribution in [0.2, 0.25) is 0 Å². The van der Waals surface area contributed by atoms with Crippen LogP contribution in [0.15, 0.2) is 35.9 Å². The highest BCUT2D eigenvalue weighted by atomic mass is 16.5. The normalized spacial score (nSPS) is 14.4. The Labute approximate surface area is 175 Å². The number of carbonyl (C=O) groups is 2. The van der Waals surface area contributed by atoms with Crippen LogP contribution < -0.4 is 5.32 Å². The predicted molar refractivity (Wildman–Crippen MR) is 111 cm³/mol. The number of carbonyl (C=O) groups excluding carboxylic acids is 2. The topological polar surface area (TPSA) is 108 Å². The maximum atomic E-state index is 12.5. The van der Waals surface area contributed by atoms with E-state index in [1.807, 2.05) is 32.1 Å². The van der Waals surface area contributed by atoms with Gasteiger partial charge < -0.3 is 14.6 Å². The summed E-state index contributed by atoms with van der Waals surface area (Å²) in [6.45, 7) is 5.37. The number of nitrogens with one attached hydrogen (secondary N) is 1. The van der Waals surface area contributed by atoms with Gasteiger partial charge in [0.05, 0.1) is 11.3 Å². The first-order chi connectivity index (χ1) is 14.3. The standard InChI is InChI=1S/C23H22N4O3/c1-14-10-18(15(2)27(14)20-8-9-20)11-19(13-25)23(29)30-16(3)22(28)26-21-7-5-4-6-17(21)12-24/h4-7,10-11,16,20H,8-9H2,1-3H3,(H,26,28)/b19-11+/t16-/m1/s1. The molecule has 0 radical (unpaired) electrons. The summed E-state index contributed by atoms with van der Waals surface area (Å²) < 4.78 is 7.41. The van der Waals surface area contributed by atoms with Crippen LogP contribution in [0.5, 0.6) is 0 Å². The Morgan fingerprint density at radius 3 is 2.60 bits per heavy atom. The summed E-state index contributed by atoms with van der Waals surface area (Å²) in [7, 11) is 0. The fourth-order valence-electron chi connectivity index (χ4n) is 3.34. The van der Waals surface area contributed by atoms with Gasteiger partial charge >= 0.3 is 5.97 Å². The van der Waals surface area contributed by atoms with Gasteiger partial charge in [-0.1, -0.05) is 12.1 Å². The molecule has 3 rings (SSSR count). The Kier molecular flexibility index (Phi) is 6.03. The Morgan fingerprint density at radius 1 is 1.27 bits per heavy atom. The summed E-state index contributed by atoms with van der Waals surface area (Å²) >= 11 is 0. The van der Waals surface area contributed by atoms with Gasteiger partial charge in [-0.3, -0.25) is 4.79 Å². The minimum absolute atomic E-state index is 0.178. The fraction of sp³-hybridized carbons (Fsp3) is 0.304. The van der Waals surface area contributed by atoms with Gasteiger partial charge in [-0.2, -0.15) is 10.5 Å². The SMILES string of the molecule is Cc1cc(/C=C(\C#N)C(=O)O[C@H](C)C(=O)Nc2ccccc2C#N)c(C)n1C1CC1. The molecule has 1 aliphatic carbocycles. The van der Waals surface area contributed by atoms with Crippen LogP contribution in [0.3, 0.4) is 0 Å². The van der Waals surface area contributed by atoms with Crippen molar-refractivity contribution in [3.8, 4) is 12.1 Å². The highest BCUT2D eigenvalue weighted by Gasteiger charge is 2.27. The molecular weight excluding hydrogens is 380 g/mol. The van der Waals surface area contributed by atoms with Crippen molar-refractivity contribution >= 4 is 23.6 Å². The lowest BCUT2D eigenvalue weighted by Crippen LogP contribution is -2.30. The second kappa shape index (κ2) is 8.67. The molecule has 0 saturated heterocycles. The average Bonchev–Trinajstić information content (AvgIpc) is 3.51. The zero-order chi connectivity index (χ0) is 21.8. The van der Waals surface area contributed by atoms with Crippen molar-refractivity contribution < 1.29 is 14.3 Å². The number of aromatic nitrogens is 1. The molecule has 7 nitrogen and oxygen atoms in total. The van der Waals surface area contributed by atoms with Crippen LogP contribution in [0.1, 0.15) is 48.3 Å². The molecule has 1 aromatic carbocycles. The highest BCUT2D eigenvalue weighted by molar-refractivity contribution is 6.01. The largest absolute Gasteiger partial charge is 0.448 e. The molecule has 1 aromatic heterocycles. The summed E-state index contributed by atoms with van der Waals surface area (Å²) in [4.78, 5) is 24.8. The van der Waals surface area contributed by atoms with Gasteiger partial charge in [-0.25, -0.2) is 4.79 Å². The Hall–Kier alpha value is -3.84. The number of para-hydroxylation sites is 1. The van der Waals surface area contributed by atoms with E-state index in [1.165, 1.54) is 13.0 Å². The third-order valence-corrected chi connectivity index (χ3v) is 5.03. The number of ether oxygens (including phenoxy) is 1. The van der Waals surface area contributed by atoms with E-state index < -0.39 is 18.0 Å². The molecule has 1 saturated carbocycles. The van der Waals surface area contributed by atoms with Crippen LogP contribution in [0, 0.1) is 36.5 Å². The van der Waals surface area contributed by atoms with Crippen molar-refractivity contribution in [2.45, 2.75) is 45.8 Å². The number of hydrogen-bond donors (Lipinski definition) is 1. The minimum Gasteiger partial charge on any atom is -0.448 e. The van der Waals surface area contributed by atoms with Crippen molar-refractivity contribution in [1.29, 1.82) is 10.5 Å². The minimum atomic E-state index is -1.14. The number of rotatable bonds is 6. The van der Waals surface area contributed by atoms with Gasteiger partial charge in [-0.05, 0) is 63.5 Å². The van der Waals surface area contributed by atoms with E-state index in [9.17, 15) is 14.9 Å². The van der Waals surface area contributed by atoms with Crippen LogP contribution in [-0.4, -0.2) is 22.5 Å². The first-order valence-electron chi connectivity index (χ1n) is 9.67. The summed E-state index contributed by atoms with van der Waals surface area (Å²) in [5, 5.41) is 21.1. The monoisotopic (exact) mass is 402 g/mol. The zero-order valence-corrected chi connectivity index (χ0v) is 17.1. The van der Waals surface area contributed by atoms with Crippen molar-refractivity contribution in [2.75, 3.05) is 5.32 Å². The Bertz CT molecular complexity index is 1110. The molecular formula is C23H22N4O3. The maximum absolute atomic E-state index is 12.5. The molecule has 152 valence electrons. The van der Waals surface area contributed by atoms with Gasteiger partial charge in [-0.15, -0.1) is 0 Å². The molecule has 1 amide bonds. The molecule has 0 aliphatic heterocycles. The number of amides is 1. The van der Waals surface area contributed by atoms with E-state index in [2.05, 4.69) is 9.88 Å². The van der Waals surface area contributed by atoms with E-state index in [4.69, 9.17) is 10.00 Å². The van der Waals surface area contributed by atoms with Gasteiger partial charge in [0, 0.05) is 17.4 Å². The summed E-state index contributed by atoms with van der Waals surface area (Å²) in [6.07, 6.45) is 2.63. The van der Waals surface area contributed by atoms with Crippen molar-refractivity contribution in [2.24, 2.45) is 0 Å². The van der Waals surface area contributed by atoms with Gasteiger partial charge in [0.15, 0.2) is 6.10 Å². The molecule has 30 heavy (non-hydrogen) atoms. The van der Waals surface area contributed by atoms with Gasteiger partial charge in [0.25, 0.3) is 5.91 Å². The van der Waals surface area contributed by atoms with Crippen LogP contribution in [0.4, 0.5) is 5.69 Å². The average molecular weight is 402 g/mol. The van der Waals surface area contributed by atoms with E-state index in [-0.39, 0.29) is 5.57 Å². The maximum Gasteiger partial charge on any atom is 0.349 e. The van der Waals surface area contributed by atoms with E-state index in [1.54, 1.807) is 24.3 Å².